The maximum absolute atomic E-state index is 12.7. The lowest BCUT2D eigenvalue weighted by atomic mass is 9.74. The molecule has 2 N–H and O–H groups in total. The Labute approximate surface area is 108 Å². The molecule has 1 atom stereocenters. The zero-order valence-electron chi connectivity index (χ0n) is 11.4. The van der Waals surface area contributed by atoms with Gasteiger partial charge in [0, 0.05) is 13.1 Å². The molecule has 0 amide bonds. The number of halogens is 3. The molecular formula is C13H25F3N2. The number of piperidine rings is 1. The summed E-state index contributed by atoms with van der Waals surface area (Å²) in [5, 5.41) is 0. The Kier molecular flexibility index (Phi) is 5.46. The van der Waals surface area contributed by atoms with Crippen molar-refractivity contribution in [3.05, 3.63) is 0 Å². The Morgan fingerprint density at radius 2 is 1.67 bits per heavy atom. The molecule has 1 aliphatic heterocycles. The van der Waals surface area contributed by atoms with Crippen LogP contribution in [0.4, 0.5) is 13.2 Å². The van der Waals surface area contributed by atoms with Crippen LogP contribution in [-0.4, -0.2) is 37.3 Å². The maximum Gasteiger partial charge on any atom is 0.394 e. The number of rotatable bonds is 5. The van der Waals surface area contributed by atoms with Gasteiger partial charge in [0.15, 0.2) is 0 Å². The van der Waals surface area contributed by atoms with E-state index in [9.17, 15) is 13.2 Å². The van der Waals surface area contributed by atoms with Crippen molar-refractivity contribution in [2.45, 2.75) is 45.7 Å². The van der Waals surface area contributed by atoms with Crippen molar-refractivity contribution in [1.82, 2.24) is 4.90 Å². The van der Waals surface area contributed by atoms with Gasteiger partial charge in [0.05, 0.1) is 5.92 Å². The predicted molar refractivity (Wildman–Crippen MR) is 67.3 cm³/mol. The second kappa shape index (κ2) is 6.24. The molecule has 1 aliphatic rings. The summed E-state index contributed by atoms with van der Waals surface area (Å²) in [5.41, 5.74) is 5.59. The topological polar surface area (TPSA) is 29.3 Å². The average molecular weight is 266 g/mol. The third-order valence-corrected chi connectivity index (χ3v) is 4.64. The van der Waals surface area contributed by atoms with E-state index in [0.717, 1.165) is 38.8 Å². The van der Waals surface area contributed by atoms with Crippen molar-refractivity contribution in [3.63, 3.8) is 0 Å². The van der Waals surface area contributed by atoms with E-state index in [-0.39, 0.29) is 13.1 Å². The highest BCUT2D eigenvalue weighted by Gasteiger charge is 2.40. The Morgan fingerprint density at radius 3 is 2.00 bits per heavy atom. The highest BCUT2D eigenvalue weighted by atomic mass is 19.4. The van der Waals surface area contributed by atoms with Gasteiger partial charge in [0.2, 0.25) is 0 Å². The van der Waals surface area contributed by atoms with Crippen LogP contribution in [0.2, 0.25) is 0 Å². The smallest absolute Gasteiger partial charge is 0.330 e. The summed E-state index contributed by atoms with van der Waals surface area (Å²) in [6.07, 6.45) is 0.0942. The van der Waals surface area contributed by atoms with E-state index >= 15 is 0 Å². The summed E-state index contributed by atoms with van der Waals surface area (Å²) in [6, 6.07) is 0. The average Bonchev–Trinajstić information content (AvgIpc) is 2.35. The molecule has 0 radical (unpaired) electrons. The van der Waals surface area contributed by atoms with E-state index < -0.39 is 12.1 Å². The van der Waals surface area contributed by atoms with Crippen LogP contribution in [-0.2, 0) is 0 Å². The zero-order chi connectivity index (χ0) is 13.8. The minimum atomic E-state index is -4.17. The molecule has 1 fully saturated rings. The standard InChI is InChI=1S/C13H25F3N2/c1-3-12(4-2)5-7-18(8-6-12)10-11(9-17)13(14,15)16/h11H,3-10,17H2,1-2H3. The summed E-state index contributed by atoms with van der Waals surface area (Å²) in [7, 11) is 0. The molecule has 18 heavy (non-hydrogen) atoms. The van der Waals surface area contributed by atoms with Gasteiger partial charge in [-0.2, -0.15) is 13.2 Å². The quantitative estimate of drug-likeness (QED) is 0.828. The fourth-order valence-corrected chi connectivity index (χ4v) is 2.79. The second-order valence-corrected chi connectivity index (χ2v) is 5.48. The van der Waals surface area contributed by atoms with Crippen molar-refractivity contribution in [2.75, 3.05) is 26.2 Å². The third-order valence-electron chi connectivity index (χ3n) is 4.64. The van der Waals surface area contributed by atoms with E-state index in [4.69, 9.17) is 5.73 Å². The van der Waals surface area contributed by atoms with E-state index in [1.165, 1.54) is 0 Å². The van der Waals surface area contributed by atoms with Crippen LogP contribution in [0, 0.1) is 11.3 Å². The van der Waals surface area contributed by atoms with Gasteiger partial charge in [-0.1, -0.05) is 26.7 Å². The minimum Gasteiger partial charge on any atom is -0.330 e. The molecule has 1 unspecified atom stereocenters. The molecule has 0 spiro atoms. The lowest BCUT2D eigenvalue weighted by Crippen LogP contribution is -2.46. The van der Waals surface area contributed by atoms with Crippen molar-refractivity contribution >= 4 is 0 Å². The van der Waals surface area contributed by atoms with E-state index in [1.807, 2.05) is 4.90 Å². The first-order valence-electron chi connectivity index (χ1n) is 6.86. The number of likely N-dealkylation sites (tertiary alicyclic amines) is 1. The second-order valence-electron chi connectivity index (χ2n) is 5.48. The molecule has 0 aromatic heterocycles. The van der Waals surface area contributed by atoms with Gasteiger partial charge in [0.25, 0.3) is 0 Å². The van der Waals surface area contributed by atoms with Crippen LogP contribution < -0.4 is 5.73 Å². The summed E-state index contributed by atoms with van der Waals surface area (Å²) in [5.74, 6) is -1.38. The first kappa shape index (κ1) is 15.8. The van der Waals surface area contributed by atoms with Crippen LogP contribution in [0.25, 0.3) is 0 Å². The van der Waals surface area contributed by atoms with Crippen molar-refractivity contribution in [1.29, 1.82) is 0 Å². The molecular weight excluding hydrogens is 241 g/mol. The molecule has 1 heterocycles. The Morgan fingerprint density at radius 1 is 1.17 bits per heavy atom. The SMILES string of the molecule is CCC1(CC)CCN(CC(CN)C(F)(F)F)CC1. The summed E-state index contributed by atoms with van der Waals surface area (Å²) >= 11 is 0. The van der Waals surface area contributed by atoms with Crippen LogP contribution in [0.15, 0.2) is 0 Å². The third kappa shape index (κ3) is 3.85. The van der Waals surface area contributed by atoms with E-state index in [1.54, 1.807) is 0 Å². The summed E-state index contributed by atoms with van der Waals surface area (Å²) in [6.45, 7) is 5.65. The number of alkyl halides is 3. The molecule has 108 valence electrons. The van der Waals surface area contributed by atoms with Gasteiger partial charge in [0.1, 0.15) is 0 Å². The Bertz CT molecular complexity index is 239. The van der Waals surface area contributed by atoms with Crippen LogP contribution in [0.5, 0.6) is 0 Å². The van der Waals surface area contributed by atoms with Gasteiger partial charge in [-0.3, -0.25) is 0 Å². The van der Waals surface area contributed by atoms with Gasteiger partial charge in [-0.25, -0.2) is 0 Å². The molecule has 0 aliphatic carbocycles. The van der Waals surface area contributed by atoms with Crippen LogP contribution >= 0.6 is 0 Å². The van der Waals surface area contributed by atoms with Crippen molar-refractivity contribution < 1.29 is 13.2 Å². The fourth-order valence-electron chi connectivity index (χ4n) is 2.79. The predicted octanol–water partition coefficient (Wildman–Crippen LogP) is 3.03. The molecule has 0 saturated carbocycles. The monoisotopic (exact) mass is 266 g/mol. The molecule has 2 nitrogen and oxygen atoms in total. The van der Waals surface area contributed by atoms with E-state index in [0.29, 0.717) is 5.41 Å². The lowest BCUT2D eigenvalue weighted by molar-refractivity contribution is -0.177. The van der Waals surface area contributed by atoms with Gasteiger partial charge in [-0.15, -0.1) is 0 Å². The maximum atomic E-state index is 12.7. The Hall–Kier alpha value is -0.290. The number of nitrogens with two attached hydrogens (primary N) is 1. The van der Waals surface area contributed by atoms with Crippen LogP contribution in [0.1, 0.15) is 39.5 Å². The molecule has 1 rings (SSSR count). The van der Waals surface area contributed by atoms with Gasteiger partial charge in [-0.05, 0) is 31.3 Å². The van der Waals surface area contributed by atoms with Gasteiger partial charge >= 0.3 is 6.18 Å². The summed E-state index contributed by atoms with van der Waals surface area (Å²) < 4.78 is 38.0. The fraction of sp³-hybridized carbons (Fsp3) is 1.00. The Balaban J connectivity index is 2.48. The zero-order valence-corrected chi connectivity index (χ0v) is 11.4. The van der Waals surface area contributed by atoms with Crippen LogP contribution in [0.3, 0.4) is 0 Å². The molecule has 0 aromatic rings. The summed E-state index contributed by atoms with van der Waals surface area (Å²) in [4.78, 5) is 1.93. The largest absolute Gasteiger partial charge is 0.394 e. The lowest BCUT2D eigenvalue weighted by Gasteiger charge is -2.42. The highest BCUT2D eigenvalue weighted by Crippen LogP contribution is 2.38. The molecule has 5 heteroatoms. The normalized spacial score (nSPS) is 23.0. The first-order chi connectivity index (χ1) is 8.37. The molecule has 0 aromatic carbocycles. The molecule has 1 saturated heterocycles. The molecule has 0 bridgehead atoms. The number of nitrogens with zero attached hydrogens (tertiary/aromatic N) is 1. The highest BCUT2D eigenvalue weighted by molar-refractivity contribution is 4.85. The number of hydrogen-bond donors (Lipinski definition) is 1. The number of hydrogen-bond acceptors (Lipinski definition) is 2. The van der Waals surface area contributed by atoms with E-state index in [2.05, 4.69) is 13.8 Å². The minimum absolute atomic E-state index is 0.0590. The van der Waals surface area contributed by atoms with Crippen molar-refractivity contribution in [3.8, 4) is 0 Å². The van der Waals surface area contributed by atoms with Gasteiger partial charge < -0.3 is 10.6 Å². The first-order valence-corrected chi connectivity index (χ1v) is 6.86. The van der Waals surface area contributed by atoms with Crippen molar-refractivity contribution in [2.24, 2.45) is 17.1 Å².